The van der Waals surface area contributed by atoms with Crippen LogP contribution in [0, 0.1) is 0 Å². The van der Waals surface area contributed by atoms with Crippen molar-refractivity contribution in [2.75, 3.05) is 26.1 Å². The molecular weight excluding hydrogens is 430 g/mol. The molecule has 4 rings (SSSR count). The summed E-state index contributed by atoms with van der Waals surface area (Å²) in [4.78, 5) is 21.1. The quantitative estimate of drug-likeness (QED) is 0.381. The minimum atomic E-state index is -0.266. The molecule has 7 heteroatoms. The third-order valence-corrected chi connectivity index (χ3v) is 5.13. The zero-order valence-corrected chi connectivity index (χ0v) is 19.0. The highest BCUT2D eigenvalue weighted by atomic mass is 16.5. The van der Waals surface area contributed by atoms with Crippen molar-refractivity contribution in [3.05, 3.63) is 96.3 Å². The molecule has 1 amide bonds. The van der Waals surface area contributed by atoms with Crippen molar-refractivity contribution in [2.45, 2.75) is 6.42 Å². The van der Waals surface area contributed by atoms with Gasteiger partial charge in [0.25, 0.3) is 5.91 Å². The van der Waals surface area contributed by atoms with Crippen LogP contribution in [0.3, 0.4) is 0 Å². The van der Waals surface area contributed by atoms with Crippen LogP contribution in [0.4, 0.5) is 5.69 Å². The molecule has 0 aliphatic rings. The third-order valence-electron chi connectivity index (χ3n) is 5.13. The lowest BCUT2D eigenvalue weighted by Crippen LogP contribution is -2.13. The van der Waals surface area contributed by atoms with E-state index in [9.17, 15) is 4.79 Å². The summed E-state index contributed by atoms with van der Waals surface area (Å²) < 4.78 is 16.5. The highest BCUT2D eigenvalue weighted by Crippen LogP contribution is 2.28. The number of hydrogen-bond donors (Lipinski definition) is 1. The molecule has 2 aromatic heterocycles. The minimum absolute atomic E-state index is 0.266. The van der Waals surface area contributed by atoms with E-state index < -0.39 is 0 Å². The third kappa shape index (κ3) is 5.69. The first-order valence-electron chi connectivity index (χ1n) is 10.8. The topological polar surface area (TPSA) is 82.6 Å². The number of nitrogens with zero attached hydrogens (tertiary/aromatic N) is 2. The number of anilines is 1. The fraction of sp³-hybridized carbons (Fsp3) is 0.148. The second-order valence-electron chi connectivity index (χ2n) is 7.40. The molecule has 172 valence electrons. The van der Waals surface area contributed by atoms with Crippen molar-refractivity contribution in [1.82, 2.24) is 9.97 Å². The first-order valence-corrected chi connectivity index (χ1v) is 10.8. The van der Waals surface area contributed by atoms with E-state index >= 15 is 0 Å². The number of benzene rings is 2. The van der Waals surface area contributed by atoms with Gasteiger partial charge in [-0.1, -0.05) is 30.3 Å². The number of carbonyl (C=O) groups excluding carboxylic acids is 1. The Balaban J connectivity index is 1.40. The molecule has 7 nitrogen and oxygen atoms in total. The lowest BCUT2D eigenvalue weighted by molar-refractivity contribution is 0.102. The molecule has 0 bridgehead atoms. The molecule has 0 saturated carbocycles. The Morgan fingerprint density at radius 3 is 2.53 bits per heavy atom. The number of ether oxygens (including phenoxy) is 3. The average Bonchev–Trinajstić information content (AvgIpc) is 2.89. The highest BCUT2D eigenvalue weighted by molar-refractivity contribution is 6.03. The van der Waals surface area contributed by atoms with Crippen molar-refractivity contribution in [1.29, 1.82) is 0 Å². The summed E-state index contributed by atoms with van der Waals surface area (Å²) in [5, 5.41) is 2.87. The number of nitrogens with one attached hydrogen (secondary N) is 1. The molecular formula is C27H25N3O4. The standard InChI is InChI=1S/C27H25N3O4/c1-32-24-13-12-19(17-25(24)33-2)14-16-34-26-11-6-10-22(30-26)20-7-5-8-21(18-20)29-27(31)23-9-3-4-15-28-23/h3-13,15,17-18H,14,16H2,1-2H3,(H,29,31). The van der Waals surface area contributed by atoms with Gasteiger partial charge in [-0.05, 0) is 48.0 Å². The van der Waals surface area contributed by atoms with Crippen LogP contribution in [-0.2, 0) is 6.42 Å². The first kappa shape index (κ1) is 22.8. The fourth-order valence-corrected chi connectivity index (χ4v) is 3.41. The summed E-state index contributed by atoms with van der Waals surface area (Å²) in [5.41, 5.74) is 3.71. The number of carbonyl (C=O) groups is 1. The molecule has 0 spiro atoms. The van der Waals surface area contributed by atoms with Crippen molar-refractivity contribution in [3.8, 4) is 28.6 Å². The molecule has 0 aliphatic carbocycles. The van der Waals surface area contributed by atoms with Crippen LogP contribution in [0.1, 0.15) is 16.1 Å². The van der Waals surface area contributed by atoms with E-state index in [2.05, 4.69) is 15.3 Å². The van der Waals surface area contributed by atoms with Crippen LogP contribution in [0.5, 0.6) is 17.4 Å². The summed E-state index contributed by atoms with van der Waals surface area (Å²) >= 11 is 0. The Morgan fingerprint density at radius 1 is 0.882 bits per heavy atom. The number of methoxy groups -OCH3 is 2. The van der Waals surface area contributed by atoms with E-state index in [1.807, 2.05) is 60.7 Å². The Kier molecular flexibility index (Phi) is 7.35. The summed E-state index contributed by atoms with van der Waals surface area (Å²) in [7, 11) is 3.23. The highest BCUT2D eigenvalue weighted by Gasteiger charge is 2.09. The largest absolute Gasteiger partial charge is 0.493 e. The van der Waals surface area contributed by atoms with Gasteiger partial charge >= 0.3 is 0 Å². The van der Waals surface area contributed by atoms with E-state index in [1.165, 1.54) is 0 Å². The molecule has 2 heterocycles. The predicted octanol–water partition coefficient (Wildman–Crippen LogP) is 5.03. The fourth-order valence-electron chi connectivity index (χ4n) is 3.41. The number of pyridine rings is 2. The molecule has 2 aromatic carbocycles. The van der Waals surface area contributed by atoms with Gasteiger partial charge in [0.2, 0.25) is 5.88 Å². The number of hydrogen-bond acceptors (Lipinski definition) is 6. The van der Waals surface area contributed by atoms with Crippen LogP contribution in [-0.4, -0.2) is 36.7 Å². The van der Waals surface area contributed by atoms with Gasteiger partial charge in [0.1, 0.15) is 5.69 Å². The van der Waals surface area contributed by atoms with E-state index in [0.29, 0.717) is 41.8 Å². The van der Waals surface area contributed by atoms with Crippen LogP contribution < -0.4 is 19.5 Å². The lowest BCUT2D eigenvalue weighted by atomic mass is 10.1. The maximum Gasteiger partial charge on any atom is 0.274 e. The maximum atomic E-state index is 12.4. The summed E-state index contributed by atoms with van der Waals surface area (Å²) in [5.74, 6) is 1.65. The van der Waals surface area contributed by atoms with Gasteiger partial charge in [-0.3, -0.25) is 9.78 Å². The SMILES string of the molecule is COc1ccc(CCOc2cccc(-c3cccc(NC(=O)c4ccccn4)c3)n2)cc1OC. The van der Waals surface area contributed by atoms with E-state index in [0.717, 1.165) is 16.8 Å². The van der Waals surface area contributed by atoms with Crippen LogP contribution in [0.25, 0.3) is 11.3 Å². The summed E-state index contributed by atoms with van der Waals surface area (Å²) in [6.45, 7) is 0.464. The van der Waals surface area contributed by atoms with Gasteiger partial charge in [-0.2, -0.15) is 0 Å². The molecule has 34 heavy (non-hydrogen) atoms. The monoisotopic (exact) mass is 455 g/mol. The van der Waals surface area contributed by atoms with Crippen molar-refractivity contribution < 1.29 is 19.0 Å². The van der Waals surface area contributed by atoms with Gasteiger partial charge in [0, 0.05) is 29.9 Å². The Bertz CT molecular complexity index is 1260. The Morgan fingerprint density at radius 2 is 1.74 bits per heavy atom. The zero-order valence-electron chi connectivity index (χ0n) is 19.0. The smallest absolute Gasteiger partial charge is 0.274 e. The molecule has 0 saturated heterocycles. The Hall–Kier alpha value is -4.39. The van der Waals surface area contributed by atoms with E-state index in [4.69, 9.17) is 14.2 Å². The molecule has 4 aromatic rings. The van der Waals surface area contributed by atoms with Crippen LogP contribution in [0.15, 0.2) is 85.1 Å². The molecule has 0 aliphatic heterocycles. The molecule has 0 atom stereocenters. The first-order chi connectivity index (χ1) is 16.7. The summed E-state index contributed by atoms with van der Waals surface area (Å²) in [6.07, 6.45) is 2.28. The molecule has 0 fully saturated rings. The van der Waals surface area contributed by atoms with Gasteiger partial charge in [0.05, 0.1) is 26.5 Å². The lowest BCUT2D eigenvalue weighted by Gasteiger charge is -2.11. The van der Waals surface area contributed by atoms with Gasteiger partial charge in [0.15, 0.2) is 11.5 Å². The van der Waals surface area contributed by atoms with Gasteiger partial charge in [-0.15, -0.1) is 0 Å². The minimum Gasteiger partial charge on any atom is -0.493 e. The molecule has 0 radical (unpaired) electrons. The van der Waals surface area contributed by atoms with E-state index in [1.54, 1.807) is 38.6 Å². The second-order valence-corrected chi connectivity index (χ2v) is 7.40. The van der Waals surface area contributed by atoms with Crippen LogP contribution in [0.2, 0.25) is 0 Å². The van der Waals surface area contributed by atoms with Crippen molar-refractivity contribution in [3.63, 3.8) is 0 Å². The predicted molar refractivity (Wildman–Crippen MR) is 131 cm³/mol. The van der Waals surface area contributed by atoms with Crippen molar-refractivity contribution in [2.24, 2.45) is 0 Å². The number of rotatable bonds is 9. The average molecular weight is 456 g/mol. The normalized spacial score (nSPS) is 10.4. The van der Waals surface area contributed by atoms with Gasteiger partial charge in [-0.25, -0.2) is 4.98 Å². The maximum absolute atomic E-state index is 12.4. The van der Waals surface area contributed by atoms with Gasteiger partial charge < -0.3 is 19.5 Å². The van der Waals surface area contributed by atoms with Crippen molar-refractivity contribution >= 4 is 11.6 Å². The second kappa shape index (κ2) is 11.0. The molecule has 0 unspecified atom stereocenters. The zero-order chi connectivity index (χ0) is 23.8. The number of amides is 1. The molecule has 1 N–H and O–H groups in total. The van der Waals surface area contributed by atoms with E-state index in [-0.39, 0.29) is 5.91 Å². The number of aromatic nitrogens is 2. The Labute approximate surface area is 198 Å². The summed E-state index contributed by atoms with van der Waals surface area (Å²) in [6, 6.07) is 24.2. The van der Waals surface area contributed by atoms with Crippen LogP contribution >= 0.6 is 0 Å².